The number of benzene rings is 2. The van der Waals surface area contributed by atoms with Gasteiger partial charge >= 0.3 is 0 Å². The number of hydrogen-bond donors (Lipinski definition) is 0. The highest BCUT2D eigenvalue weighted by Crippen LogP contribution is 2.26. The summed E-state index contributed by atoms with van der Waals surface area (Å²) in [6.45, 7) is 2.40. The first-order valence-electron chi connectivity index (χ1n) is 8.19. The zero-order chi connectivity index (χ0) is 18.5. The molecule has 0 N–H and O–H groups in total. The Kier molecular flexibility index (Phi) is 6.16. The second-order valence-electron chi connectivity index (χ2n) is 5.82. The SMILES string of the molecule is Cc1ccc(N=C2SCCCN2C(=O)COc2ccc(F)cc2)cc1Cl. The quantitative estimate of drug-likeness (QED) is 0.749. The fourth-order valence-electron chi connectivity index (χ4n) is 2.40. The Labute approximate surface area is 161 Å². The van der Waals surface area contributed by atoms with Gasteiger partial charge in [0, 0.05) is 17.3 Å². The van der Waals surface area contributed by atoms with Crippen LogP contribution in [0.3, 0.4) is 0 Å². The maximum absolute atomic E-state index is 12.9. The molecule has 1 aliphatic rings. The van der Waals surface area contributed by atoms with Crippen LogP contribution in [0.1, 0.15) is 12.0 Å². The van der Waals surface area contributed by atoms with Crippen molar-refractivity contribution in [3.63, 3.8) is 0 Å². The predicted molar refractivity (Wildman–Crippen MR) is 104 cm³/mol. The van der Waals surface area contributed by atoms with Crippen LogP contribution >= 0.6 is 23.4 Å². The monoisotopic (exact) mass is 392 g/mol. The minimum Gasteiger partial charge on any atom is -0.484 e. The molecule has 0 radical (unpaired) electrons. The molecule has 1 heterocycles. The molecule has 4 nitrogen and oxygen atoms in total. The van der Waals surface area contributed by atoms with E-state index in [1.54, 1.807) is 11.0 Å². The molecule has 0 aromatic heterocycles. The molecule has 2 aromatic rings. The van der Waals surface area contributed by atoms with Crippen LogP contribution in [0, 0.1) is 12.7 Å². The molecule has 0 atom stereocenters. The smallest absolute Gasteiger partial charge is 0.266 e. The first-order chi connectivity index (χ1) is 12.5. The van der Waals surface area contributed by atoms with Crippen molar-refractivity contribution in [1.82, 2.24) is 4.90 Å². The van der Waals surface area contributed by atoms with E-state index in [0.29, 0.717) is 28.2 Å². The van der Waals surface area contributed by atoms with Gasteiger partial charge in [-0.15, -0.1) is 0 Å². The van der Waals surface area contributed by atoms with Crippen LogP contribution in [0.4, 0.5) is 10.1 Å². The number of carbonyl (C=O) groups is 1. The van der Waals surface area contributed by atoms with E-state index in [-0.39, 0.29) is 18.3 Å². The summed E-state index contributed by atoms with van der Waals surface area (Å²) >= 11 is 7.69. The number of carbonyl (C=O) groups excluding carboxylic acids is 1. The fraction of sp³-hybridized carbons (Fsp3) is 0.263. The molecular formula is C19H18ClFN2O2S. The number of amides is 1. The van der Waals surface area contributed by atoms with Crippen LogP contribution in [-0.4, -0.2) is 34.9 Å². The van der Waals surface area contributed by atoms with Crippen molar-refractivity contribution in [2.45, 2.75) is 13.3 Å². The van der Waals surface area contributed by atoms with Gasteiger partial charge in [0.2, 0.25) is 0 Å². The van der Waals surface area contributed by atoms with E-state index in [1.807, 2.05) is 19.1 Å². The molecule has 0 spiro atoms. The third kappa shape index (κ3) is 4.77. The van der Waals surface area contributed by atoms with Gasteiger partial charge in [-0.2, -0.15) is 0 Å². The first kappa shape index (κ1) is 18.7. The van der Waals surface area contributed by atoms with Gasteiger partial charge in [-0.05, 0) is 55.3 Å². The molecule has 0 aliphatic carbocycles. The zero-order valence-corrected chi connectivity index (χ0v) is 15.8. The molecule has 3 rings (SSSR count). The highest BCUT2D eigenvalue weighted by atomic mass is 35.5. The molecule has 1 amide bonds. The van der Waals surface area contributed by atoms with Crippen LogP contribution in [0.15, 0.2) is 47.5 Å². The van der Waals surface area contributed by atoms with Gasteiger partial charge in [-0.3, -0.25) is 9.69 Å². The van der Waals surface area contributed by atoms with E-state index in [4.69, 9.17) is 16.3 Å². The van der Waals surface area contributed by atoms with Gasteiger partial charge < -0.3 is 4.74 Å². The highest BCUT2D eigenvalue weighted by Gasteiger charge is 2.24. The second-order valence-corrected chi connectivity index (χ2v) is 7.29. The number of amidine groups is 1. The Balaban J connectivity index is 1.71. The highest BCUT2D eigenvalue weighted by molar-refractivity contribution is 8.13. The summed E-state index contributed by atoms with van der Waals surface area (Å²) in [5.74, 6) is 0.829. The van der Waals surface area contributed by atoms with Crippen LogP contribution in [0.2, 0.25) is 5.02 Å². The molecule has 7 heteroatoms. The zero-order valence-electron chi connectivity index (χ0n) is 14.2. The first-order valence-corrected chi connectivity index (χ1v) is 9.55. The largest absolute Gasteiger partial charge is 0.484 e. The second kappa shape index (κ2) is 8.56. The molecule has 1 fully saturated rings. The Hall–Kier alpha value is -2.05. The van der Waals surface area contributed by atoms with Crippen molar-refractivity contribution in [3.05, 3.63) is 58.9 Å². The summed E-state index contributed by atoms with van der Waals surface area (Å²) in [5.41, 5.74) is 1.69. The van der Waals surface area contributed by atoms with Crippen molar-refractivity contribution < 1.29 is 13.9 Å². The third-order valence-corrected chi connectivity index (χ3v) is 5.32. The molecule has 0 unspecified atom stereocenters. The van der Waals surface area contributed by atoms with Crippen LogP contribution in [0.25, 0.3) is 0 Å². The third-order valence-electron chi connectivity index (χ3n) is 3.85. The Morgan fingerprint density at radius 1 is 1.31 bits per heavy atom. The molecule has 136 valence electrons. The van der Waals surface area contributed by atoms with E-state index in [2.05, 4.69) is 4.99 Å². The van der Waals surface area contributed by atoms with E-state index in [9.17, 15) is 9.18 Å². The van der Waals surface area contributed by atoms with Gasteiger partial charge in [-0.1, -0.05) is 29.4 Å². The average Bonchev–Trinajstić information content (AvgIpc) is 2.64. The minimum atomic E-state index is -0.345. The van der Waals surface area contributed by atoms with Gasteiger partial charge in [0.05, 0.1) is 5.69 Å². The van der Waals surface area contributed by atoms with Gasteiger partial charge in [-0.25, -0.2) is 9.38 Å². The summed E-state index contributed by atoms with van der Waals surface area (Å²) < 4.78 is 18.4. The summed E-state index contributed by atoms with van der Waals surface area (Å²) in [6, 6.07) is 11.2. The van der Waals surface area contributed by atoms with E-state index >= 15 is 0 Å². The van der Waals surface area contributed by atoms with Crippen molar-refractivity contribution in [2.24, 2.45) is 4.99 Å². The van der Waals surface area contributed by atoms with Gasteiger partial charge in [0.1, 0.15) is 11.6 Å². The Morgan fingerprint density at radius 2 is 2.08 bits per heavy atom. The Morgan fingerprint density at radius 3 is 2.81 bits per heavy atom. The van der Waals surface area contributed by atoms with Crippen LogP contribution < -0.4 is 4.74 Å². The van der Waals surface area contributed by atoms with E-state index in [1.165, 1.54) is 36.0 Å². The fourth-order valence-corrected chi connectivity index (χ4v) is 3.55. The number of aliphatic imine (C=N–C) groups is 1. The average molecular weight is 393 g/mol. The van der Waals surface area contributed by atoms with Gasteiger partial charge in [0.15, 0.2) is 11.8 Å². The van der Waals surface area contributed by atoms with E-state index in [0.717, 1.165) is 17.7 Å². The van der Waals surface area contributed by atoms with Crippen molar-refractivity contribution in [3.8, 4) is 5.75 Å². The molecule has 0 bridgehead atoms. The molecule has 0 saturated carbocycles. The number of ether oxygens (including phenoxy) is 1. The van der Waals surface area contributed by atoms with Crippen molar-refractivity contribution >= 4 is 40.1 Å². The normalized spacial score (nSPS) is 16.0. The lowest BCUT2D eigenvalue weighted by Crippen LogP contribution is -2.41. The topological polar surface area (TPSA) is 41.9 Å². The minimum absolute atomic E-state index is 0.125. The molecular weight excluding hydrogens is 375 g/mol. The number of aryl methyl sites for hydroxylation is 1. The maximum Gasteiger partial charge on any atom is 0.266 e. The maximum atomic E-state index is 12.9. The lowest BCUT2D eigenvalue weighted by molar-refractivity contribution is -0.129. The number of hydrogen-bond acceptors (Lipinski definition) is 4. The number of halogens is 2. The molecule has 2 aromatic carbocycles. The molecule has 1 saturated heterocycles. The standard InChI is InChI=1S/C19H18ClFN2O2S/c1-13-3-6-15(11-17(13)20)22-19-23(9-2-10-26-19)18(24)12-25-16-7-4-14(21)5-8-16/h3-8,11H,2,9-10,12H2,1H3. The van der Waals surface area contributed by atoms with Crippen molar-refractivity contribution in [2.75, 3.05) is 18.9 Å². The summed E-state index contributed by atoms with van der Waals surface area (Å²) in [5, 5.41) is 1.29. The Bertz CT molecular complexity index is 827. The lowest BCUT2D eigenvalue weighted by atomic mass is 10.2. The number of thioether (sulfide) groups is 1. The number of rotatable bonds is 4. The lowest BCUT2D eigenvalue weighted by Gasteiger charge is -2.27. The van der Waals surface area contributed by atoms with Crippen molar-refractivity contribution in [1.29, 1.82) is 0 Å². The predicted octanol–water partition coefficient (Wildman–Crippen LogP) is 4.82. The van der Waals surface area contributed by atoms with Crippen LogP contribution in [-0.2, 0) is 4.79 Å². The van der Waals surface area contributed by atoms with Crippen LogP contribution in [0.5, 0.6) is 5.75 Å². The van der Waals surface area contributed by atoms with Gasteiger partial charge in [0.25, 0.3) is 5.91 Å². The molecule has 26 heavy (non-hydrogen) atoms. The summed E-state index contributed by atoms with van der Waals surface area (Å²) in [4.78, 5) is 18.8. The number of nitrogens with zero attached hydrogens (tertiary/aromatic N) is 2. The van der Waals surface area contributed by atoms with E-state index < -0.39 is 0 Å². The summed E-state index contributed by atoms with van der Waals surface area (Å²) in [7, 11) is 0. The molecule has 1 aliphatic heterocycles. The summed E-state index contributed by atoms with van der Waals surface area (Å²) in [6.07, 6.45) is 0.890.